The van der Waals surface area contributed by atoms with Crippen LogP contribution in [0.3, 0.4) is 0 Å². The van der Waals surface area contributed by atoms with Crippen molar-refractivity contribution in [1.29, 1.82) is 0 Å². The topological polar surface area (TPSA) is 49.3 Å². The van der Waals surface area contributed by atoms with E-state index in [1.54, 1.807) is 43.0 Å². The van der Waals surface area contributed by atoms with Gasteiger partial charge in [0, 0.05) is 17.1 Å². The molecule has 0 saturated carbocycles. The molecule has 0 bridgehead atoms. The zero-order chi connectivity index (χ0) is 13.6. The first-order valence-electron chi connectivity index (χ1n) is 5.70. The predicted octanol–water partition coefficient (Wildman–Crippen LogP) is 2.57. The highest BCUT2D eigenvalue weighted by Crippen LogP contribution is 2.13. The average molecular weight is 288 g/mol. The van der Waals surface area contributed by atoms with Crippen LogP contribution >= 0.6 is 23.4 Å². The summed E-state index contributed by atoms with van der Waals surface area (Å²) in [5.74, 6) is 0.641. The maximum absolute atomic E-state index is 11.8. The van der Waals surface area contributed by atoms with Crippen molar-refractivity contribution in [2.24, 2.45) is 0 Å². The normalized spacial score (nSPS) is 14.0. The molecule has 0 aliphatic carbocycles. The van der Waals surface area contributed by atoms with Crippen LogP contribution in [0, 0.1) is 0 Å². The molecule has 0 spiro atoms. The van der Waals surface area contributed by atoms with Crippen LogP contribution in [0.15, 0.2) is 24.3 Å². The van der Waals surface area contributed by atoms with Crippen molar-refractivity contribution in [3.8, 4) is 0 Å². The van der Waals surface area contributed by atoms with Crippen molar-refractivity contribution in [2.45, 2.75) is 18.9 Å². The van der Waals surface area contributed by atoms with Crippen molar-refractivity contribution in [1.82, 2.24) is 5.32 Å². The Kier molecular flexibility index (Phi) is 5.99. The van der Waals surface area contributed by atoms with Crippen molar-refractivity contribution in [2.75, 3.05) is 18.6 Å². The van der Waals surface area contributed by atoms with E-state index in [1.165, 1.54) is 0 Å². The second kappa shape index (κ2) is 7.02. The van der Waals surface area contributed by atoms with E-state index in [1.807, 2.05) is 6.26 Å². The second-order valence-electron chi connectivity index (χ2n) is 4.43. The van der Waals surface area contributed by atoms with E-state index in [-0.39, 0.29) is 12.5 Å². The molecule has 2 N–H and O–H groups in total. The summed E-state index contributed by atoms with van der Waals surface area (Å²) < 4.78 is 0. The predicted molar refractivity (Wildman–Crippen MR) is 77.4 cm³/mol. The Labute approximate surface area is 117 Å². The zero-order valence-corrected chi connectivity index (χ0v) is 12.1. The van der Waals surface area contributed by atoms with Crippen molar-refractivity contribution >= 4 is 29.3 Å². The van der Waals surface area contributed by atoms with Crippen LogP contribution in [0.25, 0.3) is 0 Å². The maximum Gasteiger partial charge on any atom is 0.251 e. The minimum absolute atomic E-state index is 0.220. The molecule has 5 heteroatoms. The van der Waals surface area contributed by atoms with E-state index in [4.69, 9.17) is 11.6 Å². The summed E-state index contributed by atoms with van der Waals surface area (Å²) in [5, 5.41) is 13.3. The number of carbonyl (C=O) groups excluding carboxylic acids is 1. The van der Waals surface area contributed by atoms with Gasteiger partial charge in [-0.1, -0.05) is 17.7 Å². The molecule has 1 aromatic carbocycles. The largest absolute Gasteiger partial charge is 0.388 e. The van der Waals surface area contributed by atoms with Crippen LogP contribution in [0.2, 0.25) is 5.02 Å². The first-order valence-corrected chi connectivity index (χ1v) is 7.47. The number of nitrogens with one attached hydrogen (secondary N) is 1. The Morgan fingerprint density at radius 3 is 2.89 bits per heavy atom. The van der Waals surface area contributed by atoms with Crippen LogP contribution in [0.1, 0.15) is 23.7 Å². The molecule has 0 heterocycles. The number of amides is 1. The SMILES string of the molecule is CSCC[C@](C)(O)CNC(=O)c1cccc(Cl)c1. The fourth-order valence-electron chi connectivity index (χ4n) is 1.41. The third kappa shape index (κ3) is 5.29. The van der Waals surface area contributed by atoms with Crippen molar-refractivity contribution in [3.63, 3.8) is 0 Å². The molecule has 1 aromatic rings. The van der Waals surface area contributed by atoms with Gasteiger partial charge in [0.2, 0.25) is 0 Å². The van der Waals surface area contributed by atoms with Gasteiger partial charge in [0.05, 0.1) is 5.60 Å². The van der Waals surface area contributed by atoms with E-state index in [2.05, 4.69) is 5.32 Å². The molecular weight excluding hydrogens is 270 g/mol. The summed E-state index contributed by atoms with van der Waals surface area (Å²) in [4.78, 5) is 11.8. The summed E-state index contributed by atoms with van der Waals surface area (Å²) >= 11 is 7.49. The summed E-state index contributed by atoms with van der Waals surface area (Å²) in [5.41, 5.74) is -0.375. The number of halogens is 1. The van der Waals surface area contributed by atoms with Crippen LogP contribution in [0.4, 0.5) is 0 Å². The van der Waals surface area contributed by atoms with Crippen LogP contribution in [-0.2, 0) is 0 Å². The van der Waals surface area contributed by atoms with E-state index in [0.29, 0.717) is 17.0 Å². The van der Waals surface area contributed by atoms with E-state index < -0.39 is 5.60 Å². The lowest BCUT2D eigenvalue weighted by Crippen LogP contribution is -2.41. The number of rotatable bonds is 6. The first kappa shape index (κ1) is 15.3. The quantitative estimate of drug-likeness (QED) is 0.845. The molecule has 1 rings (SSSR count). The highest BCUT2D eigenvalue weighted by atomic mass is 35.5. The van der Waals surface area contributed by atoms with Gasteiger partial charge in [0.25, 0.3) is 5.91 Å². The van der Waals surface area contributed by atoms with Gasteiger partial charge in [-0.3, -0.25) is 4.79 Å². The number of aliphatic hydroxyl groups is 1. The minimum atomic E-state index is -0.878. The molecule has 0 aliphatic rings. The molecule has 1 atom stereocenters. The van der Waals surface area contributed by atoms with E-state index in [9.17, 15) is 9.90 Å². The van der Waals surface area contributed by atoms with Gasteiger partial charge in [0.15, 0.2) is 0 Å². The zero-order valence-electron chi connectivity index (χ0n) is 10.6. The summed E-state index contributed by atoms with van der Waals surface area (Å²) in [6.45, 7) is 1.96. The third-order valence-corrected chi connectivity index (χ3v) is 3.41. The Balaban J connectivity index is 2.50. The Morgan fingerprint density at radius 2 is 2.28 bits per heavy atom. The van der Waals surface area contributed by atoms with Crippen molar-refractivity contribution < 1.29 is 9.90 Å². The number of hydrogen-bond acceptors (Lipinski definition) is 3. The first-order chi connectivity index (χ1) is 8.44. The fraction of sp³-hybridized carbons (Fsp3) is 0.462. The second-order valence-corrected chi connectivity index (χ2v) is 5.85. The van der Waals surface area contributed by atoms with Gasteiger partial charge in [-0.05, 0) is 43.6 Å². The van der Waals surface area contributed by atoms with Gasteiger partial charge >= 0.3 is 0 Å². The molecule has 18 heavy (non-hydrogen) atoms. The highest BCUT2D eigenvalue weighted by molar-refractivity contribution is 7.98. The van der Waals surface area contributed by atoms with Crippen LogP contribution < -0.4 is 5.32 Å². The molecule has 100 valence electrons. The van der Waals surface area contributed by atoms with Gasteiger partial charge in [-0.2, -0.15) is 11.8 Å². The smallest absolute Gasteiger partial charge is 0.251 e. The number of hydrogen-bond donors (Lipinski definition) is 2. The molecule has 0 radical (unpaired) electrons. The van der Waals surface area contributed by atoms with E-state index in [0.717, 1.165) is 5.75 Å². The lowest BCUT2D eigenvalue weighted by Gasteiger charge is -2.23. The Hall–Kier alpha value is -0.710. The molecular formula is C13H18ClNO2S. The summed E-state index contributed by atoms with van der Waals surface area (Å²) in [6.07, 6.45) is 2.63. The van der Waals surface area contributed by atoms with Crippen molar-refractivity contribution in [3.05, 3.63) is 34.9 Å². The number of benzene rings is 1. The number of thioether (sulfide) groups is 1. The highest BCUT2D eigenvalue weighted by Gasteiger charge is 2.20. The van der Waals surface area contributed by atoms with Gasteiger partial charge in [-0.15, -0.1) is 0 Å². The summed E-state index contributed by atoms with van der Waals surface area (Å²) in [6, 6.07) is 6.74. The molecule has 0 aromatic heterocycles. The molecule has 1 amide bonds. The standard InChI is InChI=1S/C13H18ClNO2S/c1-13(17,6-7-18-2)9-15-12(16)10-4-3-5-11(14)8-10/h3-5,8,17H,6-7,9H2,1-2H3,(H,15,16)/t13-/m0/s1. The molecule has 0 aliphatic heterocycles. The molecule has 0 unspecified atom stereocenters. The Morgan fingerprint density at radius 1 is 1.56 bits per heavy atom. The number of carbonyl (C=O) groups is 1. The maximum atomic E-state index is 11.8. The van der Waals surface area contributed by atoms with Gasteiger partial charge in [-0.25, -0.2) is 0 Å². The Bertz CT molecular complexity index is 410. The summed E-state index contributed by atoms with van der Waals surface area (Å²) in [7, 11) is 0. The molecule has 3 nitrogen and oxygen atoms in total. The molecule has 0 saturated heterocycles. The van der Waals surface area contributed by atoms with Crippen LogP contribution in [0.5, 0.6) is 0 Å². The average Bonchev–Trinajstić information content (AvgIpc) is 2.34. The molecule has 0 fully saturated rings. The lowest BCUT2D eigenvalue weighted by atomic mass is 10.0. The van der Waals surface area contributed by atoms with Gasteiger partial charge in [0.1, 0.15) is 0 Å². The van der Waals surface area contributed by atoms with Gasteiger partial charge < -0.3 is 10.4 Å². The third-order valence-electron chi connectivity index (χ3n) is 2.56. The monoisotopic (exact) mass is 287 g/mol. The lowest BCUT2D eigenvalue weighted by molar-refractivity contribution is 0.0528. The fourth-order valence-corrected chi connectivity index (χ4v) is 2.25. The van der Waals surface area contributed by atoms with E-state index >= 15 is 0 Å². The minimum Gasteiger partial charge on any atom is -0.388 e. The van der Waals surface area contributed by atoms with Crippen LogP contribution in [-0.4, -0.2) is 35.2 Å².